The van der Waals surface area contributed by atoms with Crippen molar-refractivity contribution in [2.24, 2.45) is 32.6 Å². The van der Waals surface area contributed by atoms with Crippen LogP contribution in [0.5, 0.6) is 0 Å². The van der Waals surface area contributed by atoms with E-state index in [0.717, 1.165) is 24.8 Å². The Labute approximate surface area is 150 Å². The lowest BCUT2D eigenvalue weighted by Gasteiger charge is -2.57. The number of hydrazone groups is 1. The summed E-state index contributed by atoms with van der Waals surface area (Å²) < 4.78 is 5.23. The number of allylic oxidation sites excluding steroid dienone is 1. The van der Waals surface area contributed by atoms with Crippen molar-refractivity contribution in [1.29, 1.82) is 0 Å². The minimum Gasteiger partial charge on any atom is -0.468 e. The molecule has 0 spiro atoms. The zero-order chi connectivity index (χ0) is 18.8. The van der Waals surface area contributed by atoms with E-state index >= 15 is 0 Å². The highest BCUT2D eigenvalue weighted by Crippen LogP contribution is 2.65. The summed E-state index contributed by atoms with van der Waals surface area (Å²) in [5.74, 6) is 5.14. The Hall–Kier alpha value is -1.65. The smallest absolute Gasteiger partial charge is 0.316 e. The van der Waals surface area contributed by atoms with E-state index in [-0.39, 0.29) is 22.6 Å². The van der Waals surface area contributed by atoms with Gasteiger partial charge in [0.25, 0.3) is 0 Å². The zero-order valence-electron chi connectivity index (χ0n) is 16.3. The number of esters is 1. The quantitative estimate of drug-likeness (QED) is 0.448. The molecule has 5 heteroatoms. The van der Waals surface area contributed by atoms with Gasteiger partial charge in [0.1, 0.15) is 5.71 Å². The summed E-state index contributed by atoms with van der Waals surface area (Å²) in [6.45, 7) is 10.6. The number of fused-ring (bicyclic) bond motifs is 3. The second kappa shape index (κ2) is 5.18. The van der Waals surface area contributed by atoms with Gasteiger partial charge in [-0.3, -0.25) is 9.59 Å². The monoisotopic (exact) mass is 346 g/mol. The van der Waals surface area contributed by atoms with Gasteiger partial charge in [-0.15, -0.1) is 0 Å². The third-order valence-corrected chi connectivity index (χ3v) is 6.33. The van der Waals surface area contributed by atoms with Crippen molar-refractivity contribution in [2.75, 3.05) is 7.11 Å². The van der Waals surface area contributed by atoms with Crippen LogP contribution in [-0.4, -0.2) is 24.6 Å². The minimum absolute atomic E-state index is 0.00247. The van der Waals surface area contributed by atoms with Crippen LogP contribution >= 0.6 is 0 Å². The number of methoxy groups -OCH3 is 1. The molecule has 0 saturated heterocycles. The van der Waals surface area contributed by atoms with Gasteiger partial charge in [-0.2, -0.15) is 5.10 Å². The largest absolute Gasteiger partial charge is 0.468 e. The number of ketones is 1. The highest BCUT2D eigenvalue weighted by Gasteiger charge is 2.62. The normalized spacial score (nSPS) is 37.7. The van der Waals surface area contributed by atoms with E-state index in [1.54, 1.807) is 0 Å². The summed E-state index contributed by atoms with van der Waals surface area (Å²) in [6.07, 6.45) is 3.92. The first-order chi connectivity index (χ1) is 11.4. The standard InChI is InChI=1S/C20H30N2O3/c1-17(2)9-19(5)8-12-7-18(3,4)15(22-21)14(23)13(12)20(10-17,11-19)16(24)25-6/h7-11,21H2,1-6H3/b22-15+/t19-,20+/m1/s1. The third kappa shape index (κ3) is 2.54. The second-order valence-corrected chi connectivity index (χ2v) is 10.1. The van der Waals surface area contributed by atoms with E-state index in [0.29, 0.717) is 24.1 Å². The van der Waals surface area contributed by atoms with Gasteiger partial charge in [0.05, 0.1) is 12.5 Å². The Morgan fingerprint density at radius 3 is 2.28 bits per heavy atom. The highest BCUT2D eigenvalue weighted by atomic mass is 16.5. The van der Waals surface area contributed by atoms with Gasteiger partial charge in [-0.1, -0.05) is 40.2 Å². The van der Waals surface area contributed by atoms with Crippen LogP contribution in [0.4, 0.5) is 0 Å². The molecule has 0 aromatic rings. The molecular weight excluding hydrogens is 316 g/mol. The van der Waals surface area contributed by atoms with E-state index in [2.05, 4.69) is 25.9 Å². The summed E-state index contributed by atoms with van der Waals surface area (Å²) in [5.41, 5.74) is 0.809. The molecule has 3 aliphatic rings. The van der Waals surface area contributed by atoms with Crippen LogP contribution in [0.3, 0.4) is 0 Å². The van der Waals surface area contributed by atoms with Crippen LogP contribution in [0.2, 0.25) is 0 Å². The number of nitrogens with two attached hydrogens (primary N) is 1. The lowest BCUT2D eigenvalue weighted by Crippen LogP contribution is -2.56. The van der Waals surface area contributed by atoms with Gasteiger partial charge in [-0.25, -0.2) is 0 Å². The Morgan fingerprint density at radius 1 is 1.08 bits per heavy atom. The van der Waals surface area contributed by atoms with Crippen molar-refractivity contribution in [1.82, 2.24) is 0 Å². The summed E-state index contributed by atoms with van der Waals surface area (Å²) in [5, 5.41) is 3.83. The fourth-order valence-electron chi connectivity index (χ4n) is 6.38. The lowest BCUT2D eigenvalue weighted by atomic mass is 9.45. The molecule has 3 aliphatic carbocycles. The molecule has 0 heterocycles. The van der Waals surface area contributed by atoms with Crippen molar-refractivity contribution in [2.45, 2.75) is 66.7 Å². The third-order valence-electron chi connectivity index (χ3n) is 6.33. The van der Waals surface area contributed by atoms with Gasteiger partial charge in [0, 0.05) is 11.0 Å². The van der Waals surface area contributed by atoms with Crippen LogP contribution in [0.15, 0.2) is 16.2 Å². The first-order valence-corrected chi connectivity index (χ1v) is 9.04. The molecule has 1 fully saturated rings. The molecular formula is C20H30N2O3. The van der Waals surface area contributed by atoms with Crippen molar-refractivity contribution >= 4 is 17.5 Å². The molecule has 25 heavy (non-hydrogen) atoms. The van der Waals surface area contributed by atoms with E-state index < -0.39 is 10.8 Å². The average molecular weight is 346 g/mol. The number of nitrogens with zero attached hydrogens (tertiary/aromatic N) is 1. The van der Waals surface area contributed by atoms with Gasteiger partial charge in [0.15, 0.2) is 0 Å². The minimum atomic E-state index is -0.873. The molecule has 5 nitrogen and oxygen atoms in total. The predicted molar refractivity (Wildman–Crippen MR) is 96.9 cm³/mol. The molecule has 0 unspecified atom stereocenters. The number of hydrogen-bond acceptors (Lipinski definition) is 5. The maximum Gasteiger partial charge on any atom is 0.316 e. The summed E-state index contributed by atoms with van der Waals surface area (Å²) >= 11 is 0. The predicted octanol–water partition coefficient (Wildman–Crippen LogP) is 3.38. The van der Waals surface area contributed by atoms with Gasteiger partial charge < -0.3 is 10.6 Å². The Bertz CT molecular complexity index is 716. The molecule has 2 bridgehead atoms. The fourth-order valence-corrected chi connectivity index (χ4v) is 6.38. The highest BCUT2D eigenvalue weighted by molar-refractivity contribution is 6.49. The van der Waals surface area contributed by atoms with Crippen molar-refractivity contribution < 1.29 is 14.3 Å². The van der Waals surface area contributed by atoms with Gasteiger partial charge >= 0.3 is 5.97 Å². The topological polar surface area (TPSA) is 81.8 Å². The average Bonchev–Trinajstić information content (AvgIpc) is 2.41. The molecule has 2 atom stereocenters. The molecule has 2 N–H and O–H groups in total. The maximum atomic E-state index is 13.4. The first kappa shape index (κ1) is 18.2. The first-order valence-electron chi connectivity index (χ1n) is 9.04. The molecule has 0 aliphatic heterocycles. The van der Waals surface area contributed by atoms with E-state index in [4.69, 9.17) is 10.6 Å². The molecule has 1 saturated carbocycles. The molecule has 138 valence electrons. The molecule has 0 aromatic carbocycles. The van der Waals surface area contributed by atoms with E-state index in [9.17, 15) is 9.59 Å². The van der Waals surface area contributed by atoms with Crippen LogP contribution in [-0.2, 0) is 14.3 Å². The van der Waals surface area contributed by atoms with Crippen LogP contribution in [0.1, 0.15) is 66.7 Å². The number of rotatable bonds is 1. The van der Waals surface area contributed by atoms with E-state index in [1.165, 1.54) is 7.11 Å². The molecule has 0 radical (unpaired) electrons. The summed E-state index contributed by atoms with van der Waals surface area (Å²) in [7, 11) is 1.42. The maximum absolute atomic E-state index is 13.4. The number of hydrogen-bond donors (Lipinski definition) is 1. The number of carbonyl (C=O) groups excluding carboxylic acids is 2. The SMILES string of the molecule is COC(=O)[C@]12CC(C)(C)C[C@@](C)(CC3=C1C(=O)/C(=N\N)C(C)(C)C3)C2. The number of ether oxygens (including phenoxy) is 1. The van der Waals surface area contributed by atoms with Crippen LogP contribution in [0.25, 0.3) is 0 Å². The van der Waals surface area contributed by atoms with E-state index in [1.807, 2.05) is 13.8 Å². The summed E-state index contributed by atoms with van der Waals surface area (Å²) in [4.78, 5) is 26.4. The Morgan fingerprint density at radius 2 is 1.72 bits per heavy atom. The van der Waals surface area contributed by atoms with Crippen LogP contribution in [0, 0.1) is 21.7 Å². The molecule has 0 amide bonds. The second-order valence-electron chi connectivity index (χ2n) is 10.1. The number of Topliss-reactive ketones (excluding diaryl/α,β-unsaturated/α-hetero) is 1. The van der Waals surface area contributed by atoms with Gasteiger partial charge in [-0.05, 0) is 42.9 Å². The number of carbonyl (C=O) groups is 2. The zero-order valence-corrected chi connectivity index (χ0v) is 16.3. The molecule has 0 aromatic heterocycles. The molecule has 3 rings (SSSR count). The fraction of sp³-hybridized carbons (Fsp3) is 0.750. The van der Waals surface area contributed by atoms with Crippen LogP contribution < -0.4 is 5.84 Å². The lowest BCUT2D eigenvalue weighted by molar-refractivity contribution is -0.161. The summed E-state index contributed by atoms with van der Waals surface area (Å²) in [6, 6.07) is 0. The van der Waals surface area contributed by atoms with Crippen molar-refractivity contribution in [3.8, 4) is 0 Å². The van der Waals surface area contributed by atoms with Crippen molar-refractivity contribution in [3.05, 3.63) is 11.1 Å². The Kier molecular flexibility index (Phi) is 3.76. The Balaban J connectivity index is 2.28. The van der Waals surface area contributed by atoms with Gasteiger partial charge in [0.2, 0.25) is 5.78 Å². The van der Waals surface area contributed by atoms with Crippen molar-refractivity contribution in [3.63, 3.8) is 0 Å².